The third kappa shape index (κ3) is 4.16. The highest BCUT2D eigenvalue weighted by atomic mass is 16.6. The highest BCUT2D eigenvalue weighted by Gasteiger charge is 2.36. The predicted molar refractivity (Wildman–Crippen MR) is 54.9 cm³/mol. The molecule has 0 saturated carbocycles. The van der Waals surface area contributed by atoms with Crippen molar-refractivity contribution in [3.63, 3.8) is 0 Å². The molecule has 0 N–H and O–H groups in total. The molecular formula is C10H18O6. The molecule has 0 rings (SSSR count). The van der Waals surface area contributed by atoms with Gasteiger partial charge in [0.25, 0.3) is 0 Å². The lowest BCUT2D eigenvalue weighted by Gasteiger charge is -2.22. The molecule has 0 unspecified atom stereocenters. The van der Waals surface area contributed by atoms with Crippen molar-refractivity contribution in [2.75, 3.05) is 27.4 Å². The summed E-state index contributed by atoms with van der Waals surface area (Å²) in [6, 6.07) is 0. The van der Waals surface area contributed by atoms with Crippen molar-refractivity contribution in [1.29, 1.82) is 0 Å². The Morgan fingerprint density at radius 3 is 1.38 bits per heavy atom. The van der Waals surface area contributed by atoms with Gasteiger partial charge >= 0.3 is 11.9 Å². The molecule has 0 aliphatic carbocycles. The third-order valence-electron chi connectivity index (χ3n) is 1.83. The van der Waals surface area contributed by atoms with Crippen LogP contribution in [0.2, 0.25) is 0 Å². The van der Waals surface area contributed by atoms with Crippen molar-refractivity contribution in [2.24, 2.45) is 0 Å². The Labute approximate surface area is 94.8 Å². The molecule has 0 saturated heterocycles. The van der Waals surface area contributed by atoms with E-state index in [0.29, 0.717) is 0 Å². The van der Waals surface area contributed by atoms with Crippen molar-refractivity contribution in [2.45, 2.75) is 26.1 Å². The predicted octanol–water partition coefficient (Wildman–Crippen LogP) is 0.143. The Morgan fingerprint density at radius 2 is 1.19 bits per heavy atom. The number of rotatable bonds is 7. The lowest BCUT2D eigenvalue weighted by atomic mass is 10.2. The smallest absolute Gasteiger partial charge is 0.338 e. The minimum absolute atomic E-state index is 0.264. The van der Waals surface area contributed by atoms with Crippen LogP contribution >= 0.6 is 0 Å². The molecule has 0 aliphatic rings. The quantitative estimate of drug-likeness (QED) is 0.584. The van der Waals surface area contributed by atoms with E-state index in [9.17, 15) is 9.59 Å². The SMILES string of the molecule is CCO[C@@H](C(=O)OC)[C@@H](OCC)C(=O)OC. The standard InChI is InChI=1S/C10H18O6/c1-5-15-7(9(11)13-3)8(16-6-2)10(12)14-4/h7-8H,5-6H2,1-4H3/t7-,8-/m1/s1. The molecule has 0 radical (unpaired) electrons. The molecule has 94 valence electrons. The minimum Gasteiger partial charge on any atom is -0.467 e. The zero-order valence-electron chi connectivity index (χ0n) is 10.0. The zero-order valence-corrected chi connectivity index (χ0v) is 10.0. The number of methoxy groups -OCH3 is 2. The van der Waals surface area contributed by atoms with E-state index in [-0.39, 0.29) is 13.2 Å². The second-order valence-corrected chi connectivity index (χ2v) is 2.80. The molecule has 16 heavy (non-hydrogen) atoms. The Hall–Kier alpha value is -1.14. The fourth-order valence-corrected chi connectivity index (χ4v) is 1.15. The topological polar surface area (TPSA) is 71.1 Å². The van der Waals surface area contributed by atoms with Crippen molar-refractivity contribution < 1.29 is 28.5 Å². The summed E-state index contributed by atoms with van der Waals surface area (Å²) in [6.45, 7) is 3.94. The number of carbonyl (C=O) groups excluding carboxylic acids is 2. The van der Waals surface area contributed by atoms with Crippen molar-refractivity contribution in [1.82, 2.24) is 0 Å². The molecule has 6 heteroatoms. The molecule has 0 aliphatic heterocycles. The molecule has 0 heterocycles. The summed E-state index contributed by atoms with van der Waals surface area (Å²) in [5.74, 6) is -1.32. The van der Waals surface area contributed by atoms with Gasteiger partial charge in [0, 0.05) is 13.2 Å². The molecular weight excluding hydrogens is 216 g/mol. The Kier molecular flexibility index (Phi) is 7.49. The van der Waals surface area contributed by atoms with Crippen LogP contribution in [0.25, 0.3) is 0 Å². The van der Waals surface area contributed by atoms with Gasteiger partial charge < -0.3 is 18.9 Å². The second-order valence-electron chi connectivity index (χ2n) is 2.80. The van der Waals surface area contributed by atoms with Gasteiger partial charge in [-0.2, -0.15) is 0 Å². The Balaban J connectivity index is 4.77. The van der Waals surface area contributed by atoms with Crippen LogP contribution in [0.3, 0.4) is 0 Å². The zero-order chi connectivity index (χ0) is 12.6. The van der Waals surface area contributed by atoms with Gasteiger partial charge in [0.1, 0.15) is 0 Å². The number of ether oxygens (including phenoxy) is 4. The first-order valence-electron chi connectivity index (χ1n) is 5.01. The lowest BCUT2D eigenvalue weighted by molar-refractivity contribution is -0.179. The van der Waals surface area contributed by atoms with E-state index in [2.05, 4.69) is 9.47 Å². The average molecular weight is 234 g/mol. The van der Waals surface area contributed by atoms with Gasteiger partial charge in [-0.15, -0.1) is 0 Å². The summed E-state index contributed by atoms with van der Waals surface area (Å²) in [4.78, 5) is 22.8. The van der Waals surface area contributed by atoms with E-state index in [1.165, 1.54) is 14.2 Å². The van der Waals surface area contributed by atoms with E-state index in [1.54, 1.807) is 13.8 Å². The highest BCUT2D eigenvalue weighted by Crippen LogP contribution is 2.08. The number of esters is 2. The van der Waals surface area contributed by atoms with Crippen LogP contribution in [-0.2, 0) is 28.5 Å². The van der Waals surface area contributed by atoms with Crippen LogP contribution in [-0.4, -0.2) is 51.6 Å². The summed E-state index contributed by atoms with van der Waals surface area (Å²) in [5, 5.41) is 0. The maximum atomic E-state index is 11.4. The largest absolute Gasteiger partial charge is 0.467 e. The molecule has 0 amide bonds. The first-order valence-corrected chi connectivity index (χ1v) is 5.01. The molecule has 0 spiro atoms. The summed E-state index contributed by atoms with van der Waals surface area (Å²) in [7, 11) is 2.43. The monoisotopic (exact) mass is 234 g/mol. The highest BCUT2D eigenvalue weighted by molar-refractivity contribution is 5.85. The van der Waals surface area contributed by atoms with Gasteiger partial charge in [0.05, 0.1) is 14.2 Å². The summed E-state index contributed by atoms with van der Waals surface area (Å²) < 4.78 is 19.3. The van der Waals surface area contributed by atoms with Crippen LogP contribution in [0.5, 0.6) is 0 Å². The average Bonchev–Trinajstić information content (AvgIpc) is 2.31. The molecule has 0 bridgehead atoms. The Bertz CT molecular complexity index is 203. The molecule has 0 aromatic carbocycles. The first-order chi connectivity index (χ1) is 7.62. The van der Waals surface area contributed by atoms with Crippen LogP contribution < -0.4 is 0 Å². The normalized spacial score (nSPS) is 14.0. The number of carbonyl (C=O) groups is 2. The molecule has 2 atom stereocenters. The van der Waals surface area contributed by atoms with Gasteiger partial charge in [0.15, 0.2) is 12.2 Å². The molecule has 0 aromatic rings. The third-order valence-corrected chi connectivity index (χ3v) is 1.83. The summed E-state index contributed by atoms with van der Waals surface area (Å²) >= 11 is 0. The lowest BCUT2D eigenvalue weighted by Crippen LogP contribution is -2.45. The Morgan fingerprint density at radius 1 is 0.875 bits per heavy atom. The van der Waals surface area contributed by atoms with Crippen LogP contribution in [0.4, 0.5) is 0 Å². The maximum absolute atomic E-state index is 11.4. The minimum atomic E-state index is -1.10. The number of hydrogen-bond donors (Lipinski definition) is 0. The van der Waals surface area contributed by atoms with E-state index in [0.717, 1.165) is 0 Å². The molecule has 6 nitrogen and oxygen atoms in total. The summed E-state index contributed by atoms with van der Waals surface area (Å²) in [5.41, 5.74) is 0. The van der Waals surface area contributed by atoms with Crippen LogP contribution in [0.15, 0.2) is 0 Å². The second kappa shape index (κ2) is 8.06. The van der Waals surface area contributed by atoms with E-state index in [1.807, 2.05) is 0 Å². The molecule has 0 aromatic heterocycles. The fourth-order valence-electron chi connectivity index (χ4n) is 1.15. The van der Waals surface area contributed by atoms with Crippen molar-refractivity contribution >= 4 is 11.9 Å². The van der Waals surface area contributed by atoms with Crippen LogP contribution in [0, 0.1) is 0 Å². The first kappa shape index (κ1) is 14.9. The number of hydrogen-bond acceptors (Lipinski definition) is 6. The van der Waals surface area contributed by atoms with Crippen molar-refractivity contribution in [3.8, 4) is 0 Å². The van der Waals surface area contributed by atoms with Crippen LogP contribution in [0.1, 0.15) is 13.8 Å². The van der Waals surface area contributed by atoms with Gasteiger partial charge in [-0.3, -0.25) is 0 Å². The fraction of sp³-hybridized carbons (Fsp3) is 0.800. The molecule has 0 fully saturated rings. The van der Waals surface area contributed by atoms with Crippen molar-refractivity contribution in [3.05, 3.63) is 0 Å². The van der Waals surface area contributed by atoms with E-state index < -0.39 is 24.1 Å². The maximum Gasteiger partial charge on any atom is 0.338 e. The van der Waals surface area contributed by atoms with Gasteiger partial charge in [-0.05, 0) is 13.8 Å². The van der Waals surface area contributed by atoms with Gasteiger partial charge in [-0.25, -0.2) is 9.59 Å². The van der Waals surface area contributed by atoms with E-state index >= 15 is 0 Å². The van der Waals surface area contributed by atoms with Gasteiger partial charge in [-0.1, -0.05) is 0 Å². The van der Waals surface area contributed by atoms with Gasteiger partial charge in [0.2, 0.25) is 0 Å². The van der Waals surface area contributed by atoms with E-state index in [4.69, 9.17) is 9.47 Å². The summed E-state index contributed by atoms with van der Waals surface area (Å²) in [6.07, 6.45) is -2.19.